The van der Waals surface area contributed by atoms with Crippen LogP contribution in [0, 0.1) is 6.92 Å². The van der Waals surface area contributed by atoms with Crippen LogP contribution in [0.4, 0.5) is 5.69 Å². The summed E-state index contributed by atoms with van der Waals surface area (Å²) in [4.78, 5) is 26.2. The highest BCUT2D eigenvalue weighted by atomic mass is 16.2. The second-order valence-electron chi connectivity index (χ2n) is 8.55. The molecule has 5 aromatic rings. The fraction of sp³-hybridized carbons (Fsp3) is 0.0667. The lowest BCUT2D eigenvalue weighted by atomic mass is 10.1. The van der Waals surface area contributed by atoms with Crippen LogP contribution in [0.15, 0.2) is 103 Å². The molecule has 5 nitrogen and oxygen atoms in total. The monoisotopic (exact) mass is 459 g/mol. The van der Waals surface area contributed by atoms with Crippen molar-refractivity contribution in [2.24, 2.45) is 7.05 Å². The van der Waals surface area contributed by atoms with Crippen molar-refractivity contribution in [3.05, 3.63) is 119 Å². The number of nitrogens with one attached hydrogen (secondary N) is 2. The molecule has 0 atom stereocenters. The van der Waals surface area contributed by atoms with E-state index in [2.05, 4.69) is 27.3 Å². The zero-order valence-corrected chi connectivity index (χ0v) is 19.6. The highest BCUT2D eigenvalue weighted by Crippen LogP contribution is 2.29. The molecule has 4 aromatic carbocycles. The highest BCUT2D eigenvalue weighted by Gasteiger charge is 2.16. The van der Waals surface area contributed by atoms with Gasteiger partial charge in [0.05, 0.1) is 0 Å². The van der Waals surface area contributed by atoms with Gasteiger partial charge in [0.15, 0.2) is 0 Å². The van der Waals surface area contributed by atoms with Gasteiger partial charge in [0.1, 0.15) is 5.70 Å². The van der Waals surface area contributed by atoms with Crippen LogP contribution in [-0.4, -0.2) is 16.4 Å². The Bertz CT molecular complexity index is 1600. The average molecular weight is 460 g/mol. The molecule has 0 saturated heterocycles. The minimum atomic E-state index is -0.391. The van der Waals surface area contributed by atoms with Gasteiger partial charge in [0, 0.05) is 40.1 Å². The highest BCUT2D eigenvalue weighted by molar-refractivity contribution is 6.12. The number of aromatic nitrogens is 1. The number of para-hydroxylation sites is 1. The number of hydrogen-bond acceptors (Lipinski definition) is 2. The summed E-state index contributed by atoms with van der Waals surface area (Å²) >= 11 is 0. The van der Waals surface area contributed by atoms with Crippen molar-refractivity contribution in [2.75, 3.05) is 5.32 Å². The molecular weight excluding hydrogens is 434 g/mol. The summed E-state index contributed by atoms with van der Waals surface area (Å²) in [5.74, 6) is -0.736. The van der Waals surface area contributed by atoms with E-state index in [9.17, 15) is 9.59 Å². The number of aryl methyl sites for hydroxylation is 2. The summed E-state index contributed by atoms with van der Waals surface area (Å²) in [5, 5.41) is 7.94. The van der Waals surface area contributed by atoms with Crippen LogP contribution < -0.4 is 10.6 Å². The molecule has 0 radical (unpaired) electrons. The van der Waals surface area contributed by atoms with E-state index in [0.29, 0.717) is 11.3 Å². The fourth-order valence-electron chi connectivity index (χ4n) is 4.31. The second-order valence-corrected chi connectivity index (χ2v) is 8.55. The van der Waals surface area contributed by atoms with E-state index in [0.717, 1.165) is 32.9 Å². The largest absolute Gasteiger partial charge is 0.344 e. The summed E-state index contributed by atoms with van der Waals surface area (Å²) in [7, 11) is 2.04. The second kappa shape index (κ2) is 9.31. The first-order valence-electron chi connectivity index (χ1n) is 11.4. The molecule has 0 spiro atoms. The number of carbonyl (C=O) groups excluding carboxylic acids is 2. The molecule has 5 rings (SSSR count). The van der Waals surface area contributed by atoms with Gasteiger partial charge in [0.25, 0.3) is 11.8 Å². The smallest absolute Gasteiger partial charge is 0.272 e. The van der Waals surface area contributed by atoms with Crippen molar-refractivity contribution in [1.82, 2.24) is 9.88 Å². The minimum Gasteiger partial charge on any atom is -0.344 e. The van der Waals surface area contributed by atoms with Crippen LogP contribution in [-0.2, 0) is 11.8 Å². The van der Waals surface area contributed by atoms with E-state index in [1.807, 2.05) is 74.6 Å². The Morgan fingerprint density at radius 3 is 2.31 bits per heavy atom. The summed E-state index contributed by atoms with van der Waals surface area (Å²) in [6.45, 7) is 1.96. The zero-order valence-electron chi connectivity index (χ0n) is 19.6. The van der Waals surface area contributed by atoms with Gasteiger partial charge in [-0.2, -0.15) is 0 Å². The van der Waals surface area contributed by atoms with Crippen LogP contribution in [0.2, 0.25) is 0 Å². The third-order valence-corrected chi connectivity index (χ3v) is 6.05. The molecule has 5 heteroatoms. The van der Waals surface area contributed by atoms with E-state index in [4.69, 9.17) is 0 Å². The molecule has 0 aliphatic rings. The molecular formula is C30H25N3O2. The van der Waals surface area contributed by atoms with E-state index < -0.39 is 5.91 Å². The Labute approximate surface area is 203 Å². The van der Waals surface area contributed by atoms with Gasteiger partial charge in [-0.15, -0.1) is 0 Å². The molecule has 1 heterocycles. The average Bonchev–Trinajstić information content (AvgIpc) is 3.15. The normalized spacial score (nSPS) is 11.5. The summed E-state index contributed by atoms with van der Waals surface area (Å²) in [5.41, 5.74) is 5.39. The minimum absolute atomic E-state index is 0.167. The van der Waals surface area contributed by atoms with E-state index >= 15 is 0 Å². The van der Waals surface area contributed by atoms with Crippen molar-refractivity contribution in [3.63, 3.8) is 0 Å². The van der Waals surface area contributed by atoms with Gasteiger partial charge in [-0.25, -0.2) is 0 Å². The number of nitrogens with zero attached hydrogens (tertiary/aromatic N) is 1. The van der Waals surface area contributed by atoms with Crippen LogP contribution >= 0.6 is 0 Å². The number of rotatable bonds is 5. The predicted molar refractivity (Wildman–Crippen MR) is 142 cm³/mol. The number of carbonyl (C=O) groups is 2. The van der Waals surface area contributed by atoms with Crippen molar-refractivity contribution >= 4 is 45.4 Å². The van der Waals surface area contributed by atoms with Crippen LogP contribution in [0.5, 0.6) is 0 Å². The molecule has 0 aliphatic heterocycles. The van der Waals surface area contributed by atoms with Gasteiger partial charge < -0.3 is 15.2 Å². The lowest BCUT2D eigenvalue weighted by Gasteiger charge is -2.12. The van der Waals surface area contributed by atoms with Crippen LogP contribution in [0.25, 0.3) is 27.9 Å². The quantitative estimate of drug-likeness (QED) is 0.314. The maximum atomic E-state index is 13.3. The Balaban J connectivity index is 1.55. The Morgan fingerprint density at radius 1 is 0.771 bits per heavy atom. The number of hydrogen-bond donors (Lipinski definition) is 2. The van der Waals surface area contributed by atoms with Crippen LogP contribution in [0.1, 0.15) is 21.5 Å². The van der Waals surface area contributed by atoms with Gasteiger partial charge in [-0.1, -0.05) is 54.6 Å². The van der Waals surface area contributed by atoms with E-state index in [1.165, 1.54) is 0 Å². The van der Waals surface area contributed by atoms with Crippen molar-refractivity contribution < 1.29 is 9.59 Å². The topological polar surface area (TPSA) is 63.1 Å². The summed E-state index contributed by atoms with van der Waals surface area (Å²) in [6.07, 6.45) is 1.72. The summed E-state index contributed by atoms with van der Waals surface area (Å²) in [6, 6.07) is 30.7. The molecule has 0 bridgehead atoms. The lowest BCUT2D eigenvalue weighted by Crippen LogP contribution is -2.30. The molecule has 0 aliphatic carbocycles. The SMILES string of the molecule is Cc1cccc(NC(=O)/C(=C/c2ccc3c(c2)c2ccccc2n3C)NC(=O)c2ccccc2)c1. The molecule has 0 saturated carbocycles. The number of amides is 2. The van der Waals surface area contributed by atoms with E-state index in [1.54, 1.807) is 30.3 Å². The summed E-state index contributed by atoms with van der Waals surface area (Å²) < 4.78 is 2.15. The maximum Gasteiger partial charge on any atom is 0.272 e. The van der Waals surface area contributed by atoms with Gasteiger partial charge in [-0.05, 0) is 66.6 Å². The first-order valence-corrected chi connectivity index (χ1v) is 11.4. The Morgan fingerprint density at radius 2 is 1.51 bits per heavy atom. The standard InChI is InChI=1S/C30H25N3O2/c1-20-9-8-12-23(17-20)31-30(35)26(32-29(34)22-10-4-3-5-11-22)19-21-15-16-28-25(18-21)24-13-6-7-14-27(24)33(28)2/h3-19H,1-2H3,(H,31,35)(H,32,34)/b26-19-. The predicted octanol–water partition coefficient (Wildman–Crippen LogP) is 6.05. The molecule has 1 aromatic heterocycles. The molecule has 172 valence electrons. The third kappa shape index (κ3) is 4.57. The van der Waals surface area contributed by atoms with Crippen molar-refractivity contribution in [3.8, 4) is 0 Å². The molecule has 35 heavy (non-hydrogen) atoms. The van der Waals surface area contributed by atoms with E-state index in [-0.39, 0.29) is 11.6 Å². The molecule has 2 amide bonds. The zero-order chi connectivity index (χ0) is 24.4. The number of benzene rings is 4. The number of fused-ring (bicyclic) bond motifs is 3. The molecule has 2 N–H and O–H groups in total. The van der Waals surface area contributed by atoms with Gasteiger partial charge in [0.2, 0.25) is 0 Å². The first kappa shape index (κ1) is 22.2. The maximum absolute atomic E-state index is 13.3. The van der Waals surface area contributed by atoms with Gasteiger partial charge >= 0.3 is 0 Å². The third-order valence-electron chi connectivity index (χ3n) is 6.05. The van der Waals surface area contributed by atoms with Gasteiger partial charge in [-0.3, -0.25) is 9.59 Å². The fourth-order valence-corrected chi connectivity index (χ4v) is 4.31. The van der Waals surface area contributed by atoms with Crippen molar-refractivity contribution in [1.29, 1.82) is 0 Å². The molecule has 0 fully saturated rings. The lowest BCUT2D eigenvalue weighted by molar-refractivity contribution is -0.113. The Kier molecular flexibility index (Phi) is 5.90. The van der Waals surface area contributed by atoms with Crippen LogP contribution in [0.3, 0.4) is 0 Å². The number of anilines is 1. The Hall–Kier alpha value is -4.64. The molecule has 0 unspecified atom stereocenters. The van der Waals surface area contributed by atoms with Crippen molar-refractivity contribution in [2.45, 2.75) is 6.92 Å². The first-order chi connectivity index (χ1) is 17.0.